The fraction of sp³-hybridized carbons (Fsp3) is 0.143. The minimum Gasteiger partial charge on any atom is -0.383 e. The molecule has 0 radical (unpaired) electrons. The molecule has 96 valence electrons. The lowest BCUT2D eigenvalue weighted by Crippen LogP contribution is -1.99. The van der Waals surface area contributed by atoms with E-state index in [1.54, 1.807) is 12.5 Å². The second kappa shape index (κ2) is 4.66. The van der Waals surface area contributed by atoms with Crippen molar-refractivity contribution in [3.05, 3.63) is 41.3 Å². The molecule has 0 amide bonds. The molecule has 3 rings (SSSR count). The van der Waals surface area contributed by atoms with E-state index in [4.69, 9.17) is 5.73 Å². The minimum atomic E-state index is 0.678. The van der Waals surface area contributed by atoms with Gasteiger partial charge in [-0.15, -0.1) is 0 Å². The van der Waals surface area contributed by atoms with Gasteiger partial charge in [0.2, 0.25) is 0 Å². The van der Waals surface area contributed by atoms with E-state index in [1.165, 1.54) is 0 Å². The van der Waals surface area contributed by atoms with Gasteiger partial charge in [0, 0.05) is 28.2 Å². The number of hydrogen-bond donors (Lipinski definition) is 1. The number of rotatable bonds is 2. The van der Waals surface area contributed by atoms with Gasteiger partial charge >= 0.3 is 0 Å². The number of aryl methyl sites for hydroxylation is 1. The first kappa shape index (κ1) is 12.2. The number of benzene rings is 1. The Kier molecular flexibility index (Phi) is 2.98. The largest absolute Gasteiger partial charge is 0.383 e. The van der Waals surface area contributed by atoms with Gasteiger partial charge in [0.25, 0.3) is 0 Å². The van der Waals surface area contributed by atoms with Crippen molar-refractivity contribution in [2.45, 2.75) is 13.5 Å². The van der Waals surface area contributed by atoms with E-state index in [0.717, 1.165) is 33.2 Å². The number of pyridine rings is 1. The SMILES string of the molecule is CCn1cnc(-c2ccc(Br)c3cccnc23)c1N. The summed E-state index contributed by atoms with van der Waals surface area (Å²) in [7, 11) is 0. The lowest BCUT2D eigenvalue weighted by atomic mass is 10.1. The van der Waals surface area contributed by atoms with Gasteiger partial charge in [-0.2, -0.15) is 0 Å². The number of fused-ring (bicyclic) bond motifs is 1. The quantitative estimate of drug-likeness (QED) is 0.787. The van der Waals surface area contributed by atoms with Gasteiger partial charge in [-0.25, -0.2) is 4.98 Å². The third kappa shape index (κ3) is 1.90. The highest BCUT2D eigenvalue weighted by Crippen LogP contribution is 2.33. The van der Waals surface area contributed by atoms with Crippen molar-refractivity contribution in [1.29, 1.82) is 0 Å². The molecule has 1 aromatic carbocycles. The standard InChI is InChI=1S/C14H13BrN4/c1-2-19-8-18-13(14(19)16)10-5-6-11(15)9-4-3-7-17-12(9)10/h3-8H,2,16H2,1H3. The molecule has 0 saturated heterocycles. The number of anilines is 1. The van der Waals surface area contributed by atoms with Gasteiger partial charge in [-0.05, 0) is 25.1 Å². The molecule has 0 bridgehead atoms. The fourth-order valence-corrected chi connectivity index (χ4v) is 2.63. The molecule has 0 atom stereocenters. The lowest BCUT2D eigenvalue weighted by molar-refractivity contribution is 0.771. The van der Waals surface area contributed by atoms with Crippen LogP contribution < -0.4 is 5.73 Å². The number of nitrogens with zero attached hydrogens (tertiary/aromatic N) is 3. The highest BCUT2D eigenvalue weighted by molar-refractivity contribution is 9.10. The van der Waals surface area contributed by atoms with E-state index in [1.807, 2.05) is 35.8 Å². The summed E-state index contributed by atoms with van der Waals surface area (Å²) in [5.74, 6) is 0.678. The number of nitrogen functional groups attached to an aromatic ring is 1. The Labute approximate surface area is 119 Å². The van der Waals surface area contributed by atoms with Gasteiger partial charge in [0.15, 0.2) is 0 Å². The molecule has 2 N–H and O–H groups in total. The molecule has 0 unspecified atom stereocenters. The molecular formula is C14H13BrN4. The summed E-state index contributed by atoms with van der Waals surface area (Å²) in [4.78, 5) is 8.88. The Balaban J connectivity index is 2.31. The van der Waals surface area contributed by atoms with Crippen LogP contribution in [0.25, 0.3) is 22.2 Å². The predicted octanol–water partition coefficient (Wildman–Crippen LogP) is 3.46. The van der Waals surface area contributed by atoms with Crippen LogP contribution in [0.1, 0.15) is 6.92 Å². The molecule has 0 aliphatic heterocycles. The van der Waals surface area contributed by atoms with E-state index in [-0.39, 0.29) is 0 Å². The first-order chi connectivity index (χ1) is 9.22. The van der Waals surface area contributed by atoms with E-state index in [2.05, 4.69) is 25.9 Å². The number of imidazole rings is 1. The first-order valence-electron chi connectivity index (χ1n) is 6.06. The average molecular weight is 317 g/mol. The predicted molar refractivity (Wildman–Crippen MR) is 80.8 cm³/mol. The Morgan fingerprint density at radius 3 is 2.84 bits per heavy atom. The Hall–Kier alpha value is -1.88. The van der Waals surface area contributed by atoms with Crippen LogP contribution in [-0.2, 0) is 6.54 Å². The van der Waals surface area contributed by atoms with E-state index >= 15 is 0 Å². The van der Waals surface area contributed by atoms with E-state index in [0.29, 0.717) is 5.82 Å². The molecule has 0 fully saturated rings. The van der Waals surface area contributed by atoms with Gasteiger partial charge in [0.05, 0.1) is 11.8 Å². The number of aromatic nitrogens is 3. The van der Waals surface area contributed by atoms with Crippen LogP contribution in [0.5, 0.6) is 0 Å². The van der Waals surface area contributed by atoms with Gasteiger partial charge in [0.1, 0.15) is 11.5 Å². The molecule has 0 spiro atoms. The second-order valence-corrected chi connectivity index (χ2v) is 5.11. The molecule has 3 aromatic rings. The van der Waals surface area contributed by atoms with Gasteiger partial charge in [-0.1, -0.05) is 22.0 Å². The Bertz CT molecular complexity index is 748. The second-order valence-electron chi connectivity index (χ2n) is 4.26. The topological polar surface area (TPSA) is 56.7 Å². The molecule has 0 saturated carbocycles. The van der Waals surface area contributed by atoms with Crippen molar-refractivity contribution >= 4 is 32.7 Å². The summed E-state index contributed by atoms with van der Waals surface area (Å²) in [6.07, 6.45) is 3.55. The molecule has 2 heterocycles. The zero-order valence-electron chi connectivity index (χ0n) is 10.5. The summed E-state index contributed by atoms with van der Waals surface area (Å²) >= 11 is 3.54. The third-order valence-electron chi connectivity index (χ3n) is 3.19. The van der Waals surface area contributed by atoms with Crippen molar-refractivity contribution in [3.8, 4) is 11.3 Å². The molecule has 19 heavy (non-hydrogen) atoms. The molecule has 2 aromatic heterocycles. The molecule has 0 aliphatic rings. The van der Waals surface area contributed by atoms with Crippen LogP contribution in [0, 0.1) is 0 Å². The van der Waals surface area contributed by atoms with Crippen LogP contribution in [-0.4, -0.2) is 14.5 Å². The van der Waals surface area contributed by atoms with Crippen LogP contribution >= 0.6 is 15.9 Å². The highest BCUT2D eigenvalue weighted by atomic mass is 79.9. The van der Waals surface area contributed by atoms with Crippen molar-refractivity contribution in [2.75, 3.05) is 5.73 Å². The summed E-state index contributed by atoms with van der Waals surface area (Å²) < 4.78 is 2.94. The van der Waals surface area contributed by atoms with Gasteiger partial charge < -0.3 is 10.3 Å². The van der Waals surface area contributed by atoms with Crippen LogP contribution in [0.4, 0.5) is 5.82 Å². The maximum absolute atomic E-state index is 6.14. The van der Waals surface area contributed by atoms with Crippen LogP contribution in [0.15, 0.2) is 41.3 Å². The smallest absolute Gasteiger partial charge is 0.131 e. The number of hydrogen-bond acceptors (Lipinski definition) is 3. The zero-order chi connectivity index (χ0) is 13.4. The Morgan fingerprint density at radius 2 is 2.11 bits per heavy atom. The third-order valence-corrected chi connectivity index (χ3v) is 3.88. The van der Waals surface area contributed by atoms with E-state index < -0.39 is 0 Å². The Morgan fingerprint density at radius 1 is 1.26 bits per heavy atom. The maximum atomic E-state index is 6.14. The number of nitrogens with two attached hydrogens (primary N) is 1. The monoisotopic (exact) mass is 316 g/mol. The van der Waals surface area contributed by atoms with Crippen molar-refractivity contribution < 1.29 is 0 Å². The molecular weight excluding hydrogens is 304 g/mol. The highest BCUT2D eigenvalue weighted by Gasteiger charge is 2.13. The average Bonchev–Trinajstić information content (AvgIpc) is 2.81. The first-order valence-corrected chi connectivity index (χ1v) is 6.86. The summed E-state index contributed by atoms with van der Waals surface area (Å²) in [5, 5.41) is 1.06. The number of halogens is 1. The minimum absolute atomic E-state index is 0.678. The van der Waals surface area contributed by atoms with Gasteiger partial charge in [-0.3, -0.25) is 4.98 Å². The molecule has 4 nitrogen and oxygen atoms in total. The summed E-state index contributed by atoms with van der Waals surface area (Å²) in [6, 6.07) is 7.95. The zero-order valence-corrected chi connectivity index (χ0v) is 12.1. The fourth-order valence-electron chi connectivity index (χ4n) is 2.18. The van der Waals surface area contributed by atoms with Crippen molar-refractivity contribution in [1.82, 2.24) is 14.5 Å². The van der Waals surface area contributed by atoms with Crippen LogP contribution in [0.3, 0.4) is 0 Å². The molecule has 5 heteroatoms. The normalized spacial score (nSPS) is 11.1. The maximum Gasteiger partial charge on any atom is 0.131 e. The van der Waals surface area contributed by atoms with Crippen LogP contribution in [0.2, 0.25) is 0 Å². The summed E-state index contributed by atoms with van der Waals surface area (Å²) in [6.45, 7) is 2.85. The van der Waals surface area contributed by atoms with Crippen molar-refractivity contribution in [2.24, 2.45) is 0 Å². The lowest BCUT2D eigenvalue weighted by Gasteiger charge is -2.07. The molecule has 0 aliphatic carbocycles. The summed E-state index contributed by atoms with van der Waals surface area (Å²) in [5.41, 5.74) is 8.79. The van der Waals surface area contributed by atoms with E-state index in [9.17, 15) is 0 Å². The van der Waals surface area contributed by atoms with Crippen molar-refractivity contribution in [3.63, 3.8) is 0 Å².